The molecule has 8 nitrogen and oxygen atoms in total. The van der Waals surface area contributed by atoms with Crippen molar-refractivity contribution in [1.82, 2.24) is 15.3 Å². The zero-order valence-electron chi connectivity index (χ0n) is 19.6. The molecule has 2 aromatic rings. The zero-order valence-corrected chi connectivity index (χ0v) is 20.4. The number of nitrogen functional groups attached to an aromatic ring is 1. The number of allylic oxidation sites excluding steroid dienone is 2. The maximum absolute atomic E-state index is 13.7. The normalized spacial score (nSPS) is 25.1. The molecule has 0 saturated carbocycles. The molecule has 178 valence electrons. The van der Waals surface area contributed by atoms with Gasteiger partial charge in [0.05, 0.1) is 5.56 Å². The predicted molar refractivity (Wildman–Crippen MR) is 134 cm³/mol. The van der Waals surface area contributed by atoms with Crippen LogP contribution in [0.3, 0.4) is 0 Å². The first-order valence-corrected chi connectivity index (χ1v) is 12.9. The molecule has 0 radical (unpaired) electrons. The number of carbonyl (C=O) groups excluding carboxylic acids is 1. The van der Waals surface area contributed by atoms with Crippen LogP contribution >= 0.6 is 11.3 Å². The van der Waals surface area contributed by atoms with Crippen LogP contribution in [0, 0.1) is 11.3 Å². The van der Waals surface area contributed by atoms with Gasteiger partial charge in [0, 0.05) is 46.9 Å². The molecule has 3 aliphatic rings. The van der Waals surface area contributed by atoms with Crippen LogP contribution < -0.4 is 21.7 Å². The Hall–Kier alpha value is -2.96. The second-order valence-electron chi connectivity index (χ2n) is 9.60. The Balaban J connectivity index is 1.54. The zero-order chi connectivity index (χ0) is 23.9. The topological polar surface area (TPSA) is 134 Å². The first kappa shape index (κ1) is 22.8. The van der Waals surface area contributed by atoms with Gasteiger partial charge in [0.1, 0.15) is 16.8 Å². The SMILES string of the molecule is C[C@H]1CNCCCN1c1nccc(C(=O)C2=C(N)[C@@]3(CCC2)CCCc2sc(N)c(C#N)c23)n1. The van der Waals surface area contributed by atoms with E-state index in [1.54, 1.807) is 12.3 Å². The second-order valence-corrected chi connectivity index (χ2v) is 10.7. The molecule has 1 fully saturated rings. The maximum atomic E-state index is 13.7. The third kappa shape index (κ3) is 3.65. The highest BCUT2D eigenvalue weighted by Gasteiger charge is 2.46. The monoisotopic (exact) mass is 477 g/mol. The number of thiophene rings is 1. The van der Waals surface area contributed by atoms with Crippen molar-refractivity contribution in [3.05, 3.63) is 45.2 Å². The standard InChI is InChI=1S/C25H31N7OS/c1-15-14-29-10-4-12-32(15)24-30-11-7-18(31-24)21(33)16-5-2-8-25(22(16)27)9-3-6-19-20(25)17(13-26)23(28)34-19/h7,11,15,29H,2-6,8-10,12,14,27-28H2,1H3/t15-,25-/m0/s1. The molecule has 2 aliphatic carbocycles. The highest BCUT2D eigenvalue weighted by molar-refractivity contribution is 7.16. The number of Topliss-reactive ketones (excluding diaryl/α,β-unsaturated/α-hetero) is 1. The number of nitrogens with one attached hydrogen (secondary N) is 1. The average Bonchev–Trinajstić information content (AvgIpc) is 3.03. The minimum absolute atomic E-state index is 0.130. The quantitative estimate of drug-likeness (QED) is 0.574. The number of aromatic nitrogens is 2. The van der Waals surface area contributed by atoms with Crippen LogP contribution in [0.4, 0.5) is 10.9 Å². The number of carbonyl (C=O) groups is 1. The molecule has 5 N–H and O–H groups in total. The van der Waals surface area contributed by atoms with Crippen molar-refractivity contribution in [2.45, 2.75) is 63.3 Å². The summed E-state index contributed by atoms with van der Waals surface area (Å²) < 4.78 is 0. The van der Waals surface area contributed by atoms with Crippen molar-refractivity contribution in [3.8, 4) is 6.07 Å². The van der Waals surface area contributed by atoms with Gasteiger partial charge in [-0.25, -0.2) is 9.97 Å². The summed E-state index contributed by atoms with van der Waals surface area (Å²) in [6.07, 6.45) is 7.67. The van der Waals surface area contributed by atoms with Gasteiger partial charge in [0.25, 0.3) is 0 Å². The number of hydrogen-bond acceptors (Lipinski definition) is 9. The van der Waals surface area contributed by atoms with Crippen LogP contribution in [0.5, 0.6) is 0 Å². The molecule has 0 bridgehead atoms. The van der Waals surface area contributed by atoms with E-state index in [2.05, 4.69) is 28.2 Å². The molecule has 0 amide bonds. The molecule has 3 heterocycles. The Morgan fingerprint density at radius 2 is 2.09 bits per heavy atom. The predicted octanol–water partition coefficient (Wildman–Crippen LogP) is 3.03. The number of fused-ring (bicyclic) bond motifs is 2. The van der Waals surface area contributed by atoms with Crippen LogP contribution in [-0.2, 0) is 11.8 Å². The van der Waals surface area contributed by atoms with E-state index in [1.807, 2.05) is 0 Å². The van der Waals surface area contributed by atoms with Crippen molar-refractivity contribution in [2.24, 2.45) is 5.73 Å². The van der Waals surface area contributed by atoms with Crippen molar-refractivity contribution in [3.63, 3.8) is 0 Å². The van der Waals surface area contributed by atoms with Crippen molar-refractivity contribution in [2.75, 3.05) is 30.3 Å². The van der Waals surface area contributed by atoms with Gasteiger partial charge in [-0.2, -0.15) is 5.26 Å². The summed E-state index contributed by atoms with van der Waals surface area (Å²) in [5.41, 5.74) is 15.7. The summed E-state index contributed by atoms with van der Waals surface area (Å²) in [5.74, 6) is 0.457. The lowest BCUT2D eigenvalue weighted by atomic mass is 9.62. The molecule has 9 heteroatoms. The lowest BCUT2D eigenvalue weighted by Gasteiger charge is -2.42. The average molecular weight is 478 g/mol. The smallest absolute Gasteiger partial charge is 0.226 e. The third-order valence-electron chi connectivity index (χ3n) is 7.61. The molecule has 34 heavy (non-hydrogen) atoms. The molecule has 2 aromatic heterocycles. The van der Waals surface area contributed by atoms with E-state index < -0.39 is 5.41 Å². The summed E-state index contributed by atoms with van der Waals surface area (Å²) >= 11 is 1.50. The fourth-order valence-corrected chi connectivity index (χ4v) is 7.09. The van der Waals surface area contributed by atoms with Gasteiger partial charge in [-0.15, -0.1) is 11.3 Å². The number of anilines is 2. The van der Waals surface area contributed by atoms with Gasteiger partial charge in [0.15, 0.2) is 0 Å². The molecule has 5 rings (SSSR count). The molecule has 0 unspecified atom stereocenters. The van der Waals surface area contributed by atoms with E-state index in [0.29, 0.717) is 39.9 Å². The summed E-state index contributed by atoms with van der Waals surface area (Å²) in [7, 11) is 0. The lowest BCUT2D eigenvalue weighted by molar-refractivity contribution is 0.101. The van der Waals surface area contributed by atoms with Crippen molar-refractivity contribution in [1.29, 1.82) is 5.26 Å². The number of ketones is 1. The first-order chi connectivity index (χ1) is 16.5. The molecular weight excluding hydrogens is 446 g/mol. The van der Waals surface area contributed by atoms with Gasteiger partial charge in [0.2, 0.25) is 11.7 Å². The Bertz CT molecular complexity index is 1200. The minimum atomic E-state index is -0.489. The van der Waals surface area contributed by atoms with Crippen LogP contribution in [0.15, 0.2) is 23.5 Å². The second kappa shape index (κ2) is 9.01. The van der Waals surface area contributed by atoms with E-state index in [1.165, 1.54) is 11.3 Å². The Kier molecular flexibility index (Phi) is 6.04. The van der Waals surface area contributed by atoms with Crippen molar-refractivity contribution >= 4 is 28.1 Å². The van der Waals surface area contributed by atoms with Gasteiger partial charge < -0.3 is 21.7 Å². The van der Waals surface area contributed by atoms with Crippen LogP contribution in [0.2, 0.25) is 0 Å². The summed E-state index contributed by atoms with van der Waals surface area (Å²) in [6, 6.07) is 4.24. The number of nitriles is 1. The van der Waals surface area contributed by atoms with E-state index in [0.717, 1.165) is 68.6 Å². The number of aryl methyl sites for hydroxylation is 1. The third-order valence-corrected chi connectivity index (χ3v) is 8.69. The highest BCUT2D eigenvalue weighted by Crippen LogP contribution is 2.53. The molecule has 1 aliphatic heterocycles. The number of hydrogen-bond donors (Lipinski definition) is 3. The number of rotatable bonds is 3. The largest absolute Gasteiger partial charge is 0.401 e. The summed E-state index contributed by atoms with van der Waals surface area (Å²) in [6.45, 7) is 4.81. The van der Waals surface area contributed by atoms with E-state index in [4.69, 9.17) is 16.5 Å². The number of nitrogens with two attached hydrogens (primary N) is 2. The van der Waals surface area contributed by atoms with Crippen LogP contribution in [0.25, 0.3) is 0 Å². The van der Waals surface area contributed by atoms with Gasteiger partial charge in [-0.3, -0.25) is 4.79 Å². The Morgan fingerprint density at radius 1 is 1.29 bits per heavy atom. The Labute approximate surface area is 204 Å². The van der Waals surface area contributed by atoms with Crippen LogP contribution in [-0.4, -0.2) is 41.4 Å². The summed E-state index contributed by atoms with van der Waals surface area (Å²) in [5, 5.41) is 13.8. The molecule has 1 saturated heterocycles. The van der Waals surface area contributed by atoms with Crippen molar-refractivity contribution < 1.29 is 4.79 Å². The maximum Gasteiger partial charge on any atom is 0.226 e. The molecule has 2 atom stereocenters. The van der Waals surface area contributed by atoms with E-state index >= 15 is 0 Å². The lowest BCUT2D eigenvalue weighted by Crippen LogP contribution is -2.41. The number of nitrogens with zero attached hydrogens (tertiary/aromatic N) is 4. The molecule has 1 spiro atoms. The summed E-state index contributed by atoms with van der Waals surface area (Å²) in [4.78, 5) is 26.2. The van der Waals surface area contributed by atoms with E-state index in [9.17, 15) is 10.1 Å². The fourth-order valence-electron chi connectivity index (χ4n) is 5.93. The fraction of sp³-hybridized carbons (Fsp3) is 0.520. The highest BCUT2D eigenvalue weighted by atomic mass is 32.1. The van der Waals surface area contributed by atoms with Gasteiger partial charge in [-0.1, -0.05) is 0 Å². The van der Waals surface area contributed by atoms with E-state index in [-0.39, 0.29) is 11.8 Å². The van der Waals surface area contributed by atoms with Crippen LogP contribution in [0.1, 0.15) is 71.9 Å². The molecule has 0 aromatic carbocycles. The van der Waals surface area contributed by atoms with Gasteiger partial charge in [-0.05, 0) is 70.0 Å². The minimum Gasteiger partial charge on any atom is -0.401 e. The molecular formula is C25H31N7OS. The van der Waals surface area contributed by atoms with Gasteiger partial charge >= 0.3 is 0 Å². The Morgan fingerprint density at radius 3 is 2.88 bits per heavy atom. The first-order valence-electron chi connectivity index (χ1n) is 12.1.